The average molecular weight is 512 g/mol. The summed E-state index contributed by atoms with van der Waals surface area (Å²) in [6.07, 6.45) is 2.88. The molecule has 0 radical (unpaired) electrons. The van der Waals surface area contributed by atoms with E-state index in [2.05, 4.69) is 15.2 Å². The van der Waals surface area contributed by atoms with Crippen molar-refractivity contribution in [1.82, 2.24) is 15.1 Å². The molecule has 0 spiro atoms. The van der Waals surface area contributed by atoms with Crippen LogP contribution < -0.4 is 5.32 Å². The highest BCUT2D eigenvalue weighted by atomic mass is 127. The first-order chi connectivity index (χ1) is 12.8. The highest BCUT2D eigenvalue weighted by Crippen LogP contribution is 2.20. The largest absolute Gasteiger partial charge is 0.444 e. The van der Waals surface area contributed by atoms with Gasteiger partial charge in [-0.2, -0.15) is 0 Å². The van der Waals surface area contributed by atoms with Crippen molar-refractivity contribution in [2.24, 2.45) is 10.9 Å². The summed E-state index contributed by atoms with van der Waals surface area (Å²) in [5.41, 5.74) is -0.450. The third kappa shape index (κ3) is 10.7. The van der Waals surface area contributed by atoms with E-state index in [1.54, 1.807) is 0 Å². The van der Waals surface area contributed by atoms with Gasteiger partial charge in [-0.25, -0.2) is 4.79 Å². The Morgan fingerprint density at radius 1 is 1.25 bits per heavy atom. The fourth-order valence-electron chi connectivity index (χ4n) is 3.15. The minimum Gasteiger partial charge on any atom is -0.444 e. The number of carbonyl (C=O) groups is 1. The molecule has 0 unspecified atom stereocenters. The summed E-state index contributed by atoms with van der Waals surface area (Å²) in [4.78, 5) is 20.9. The smallest absolute Gasteiger partial charge is 0.410 e. The van der Waals surface area contributed by atoms with Gasteiger partial charge in [0.1, 0.15) is 5.60 Å². The summed E-state index contributed by atoms with van der Waals surface area (Å²) in [6.45, 7) is 15.5. The molecule has 0 bridgehead atoms. The molecule has 1 rings (SSSR count). The second kappa shape index (κ2) is 14.3. The Kier molecular flexibility index (Phi) is 13.9. The van der Waals surface area contributed by atoms with Crippen molar-refractivity contribution in [2.45, 2.75) is 59.5 Å². The molecular weight excluding hydrogens is 471 g/mol. The van der Waals surface area contributed by atoms with Gasteiger partial charge in [-0.05, 0) is 59.8 Å². The van der Waals surface area contributed by atoms with E-state index in [0.717, 1.165) is 64.6 Å². The van der Waals surface area contributed by atoms with Crippen LogP contribution in [0, 0.1) is 5.92 Å². The third-order valence-electron chi connectivity index (χ3n) is 4.59. The molecule has 1 fully saturated rings. The van der Waals surface area contributed by atoms with Crippen LogP contribution in [-0.4, -0.2) is 80.4 Å². The molecule has 0 aromatic heterocycles. The van der Waals surface area contributed by atoms with Crippen LogP contribution in [0.4, 0.5) is 4.79 Å². The molecule has 1 aliphatic rings. The molecule has 1 heterocycles. The second-order valence-electron chi connectivity index (χ2n) is 7.97. The van der Waals surface area contributed by atoms with Crippen LogP contribution in [0.5, 0.6) is 0 Å². The van der Waals surface area contributed by atoms with Crippen LogP contribution in [-0.2, 0) is 9.47 Å². The lowest BCUT2D eigenvalue weighted by molar-refractivity contribution is 0.0214. The number of likely N-dealkylation sites (tertiary alicyclic amines) is 1. The summed E-state index contributed by atoms with van der Waals surface area (Å²) in [5, 5.41) is 3.42. The van der Waals surface area contributed by atoms with Crippen LogP contribution in [0.25, 0.3) is 0 Å². The van der Waals surface area contributed by atoms with Crippen LogP contribution in [0.1, 0.15) is 53.9 Å². The fraction of sp³-hybridized carbons (Fsp3) is 0.900. The topological polar surface area (TPSA) is 66.4 Å². The summed E-state index contributed by atoms with van der Waals surface area (Å²) >= 11 is 0. The molecule has 0 aromatic carbocycles. The molecule has 8 heteroatoms. The van der Waals surface area contributed by atoms with Gasteiger partial charge in [0.05, 0.1) is 0 Å². The number of carbonyl (C=O) groups excluding carboxylic acids is 1. The van der Waals surface area contributed by atoms with E-state index in [4.69, 9.17) is 9.47 Å². The van der Waals surface area contributed by atoms with Crippen molar-refractivity contribution in [1.29, 1.82) is 0 Å². The summed E-state index contributed by atoms with van der Waals surface area (Å²) in [6, 6.07) is 0. The normalized spacial score (nSPS) is 15.8. The lowest BCUT2D eigenvalue weighted by Crippen LogP contribution is -2.48. The number of ether oxygens (including phenoxy) is 2. The van der Waals surface area contributed by atoms with Gasteiger partial charge in [0.15, 0.2) is 5.96 Å². The number of hydrogen-bond acceptors (Lipinski definition) is 4. The van der Waals surface area contributed by atoms with E-state index < -0.39 is 5.60 Å². The molecule has 0 saturated carbocycles. The fourth-order valence-corrected chi connectivity index (χ4v) is 3.15. The van der Waals surface area contributed by atoms with Gasteiger partial charge >= 0.3 is 6.09 Å². The predicted octanol–water partition coefficient (Wildman–Crippen LogP) is 3.58. The molecule has 0 aromatic rings. The zero-order valence-electron chi connectivity index (χ0n) is 18.6. The van der Waals surface area contributed by atoms with Gasteiger partial charge in [-0.3, -0.25) is 4.99 Å². The van der Waals surface area contributed by atoms with Gasteiger partial charge in [0.25, 0.3) is 0 Å². The van der Waals surface area contributed by atoms with Crippen molar-refractivity contribution in [3.05, 3.63) is 0 Å². The van der Waals surface area contributed by atoms with E-state index in [1.807, 2.05) is 46.6 Å². The number of nitrogens with one attached hydrogen (secondary N) is 1. The molecule has 1 saturated heterocycles. The molecule has 1 N–H and O–H groups in total. The standard InChI is InChI=1S/C20H40N4O3.HI/c1-7-23(19(25)27-20(3,4)5)16-17-10-13-24(14-11-17)18(21-6)22-12-9-15-26-8-2;/h17H,7-16H2,1-6H3,(H,21,22);1H. The maximum Gasteiger partial charge on any atom is 0.410 e. The van der Waals surface area contributed by atoms with Gasteiger partial charge in [-0.1, -0.05) is 0 Å². The summed E-state index contributed by atoms with van der Waals surface area (Å²) < 4.78 is 10.9. The minimum atomic E-state index is -0.450. The number of rotatable bonds is 8. The van der Waals surface area contributed by atoms with E-state index >= 15 is 0 Å². The first-order valence-electron chi connectivity index (χ1n) is 10.3. The summed E-state index contributed by atoms with van der Waals surface area (Å²) in [5.74, 6) is 1.47. The van der Waals surface area contributed by atoms with E-state index in [9.17, 15) is 4.79 Å². The van der Waals surface area contributed by atoms with Crippen molar-refractivity contribution in [2.75, 3.05) is 53.0 Å². The highest BCUT2D eigenvalue weighted by molar-refractivity contribution is 14.0. The number of amides is 1. The Balaban J connectivity index is 0.00000729. The maximum absolute atomic E-state index is 12.3. The monoisotopic (exact) mass is 512 g/mol. The quantitative estimate of drug-likeness (QED) is 0.233. The van der Waals surface area contributed by atoms with E-state index in [1.165, 1.54) is 0 Å². The van der Waals surface area contributed by atoms with E-state index in [0.29, 0.717) is 12.5 Å². The summed E-state index contributed by atoms with van der Waals surface area (Å²) in [7, 11) is 1.83. The number of aliphatic imine (C=N–C) groups is 1. The molecular formula is C20H41IN4O3. The van der Waals surface area contributed by atoms with Crippen LogP contribution in [0.3, 0.4) is 0 Å². The maximum atomic E-state index is 12.3. The molecule has 1 amide bonds. The molecule has 7 nitrogen and oxygen atoms in total. The van der Waals surface area contributed by atoms with Crippen molar-refractivity contribution in [3.63, 3.8) is 0 Å². The SMILES string of the molecule is CCOCCCNC(=NC)N1CCC(CN(CC)C(=O)OC(C)(C)C)CC1.I. The first kappa shape index (κ1) is 27.2. The van der Waals surface area contributed by atoms with Crippen LogP contribution >= 0.6 is 24.0 Å². The van der Waals surface area contributed by atoms with Crippen molar-refractivity contribution >= 4 is 36.0 Å². The third-order valence-corrected chi connectivity index (χ3v) is 4.59. The zero-order chi connectivity index (χ0) is 20.3. The Bertz CT molecular complexity index is 461. The molecule has 28 heavy (non-hydrogen) atoms. The van der Waals surface area contributed by atoms with Crippen LogP contribution in [0.15, 0.2) is 4.99 Å². The van der Waals surface area contributed by atoms with Gasteiger partial charge in [0.2, 0.25) is 0 Å². The number of nitrogens with zero attached hydrogens (tertiary/aromatic N) is 3. The highest BCUT2D eigenvalue weighted by Gasteiger charge is 2.27. The first-order valence-corrected chi connectivity index (χ1v) is 10.3. The van der Waals surface area contributed by atoms with Crippen molar-refractivity contribution < 1.29 is 14.3 Å². The Labute approximate surface area is 188 Å². The zero-order valence-corrected chi connectivity index (χ0v) is 21.0. The number of piperidine rings is 1. The predicted molar refractivity (Wildman–Crippen MR) is 126 cm³/mol. The number of halogens is 1. The minimum absolute atomic E-state index is 0. The molecule has 0 aliphatic carbocycles. The Morgan fingerprint density at radius 2 is 1.89 bits per heavy atom. The second-order valence-corrected chi connectivity index (χ2v) is 7.97. The van der Waals surface area contributed by atoms with Gasteiger partial charge < -0.3 is 24.6 Å². The Morgan fingerprint density at radius 3 is 2.39 bits per heavy atom. The number of guanidine groups is 1. The van der Waals surface area contributed by atoms with Gasteiger partial charge in [-0.15, -0.1) is 24.0 Å². The van der Waals surface area contributed by atoms with Crippen molar-refractivity contribution in [3.8, 4) is 0 Å². The molecule has 0 atom stereocenters. The number of hydrogen-bond donors (Lipinski definition) is 1. The van der Waals surface area contributed by atoms with Crippen LogP contribution in [0.2, 0.25) is 0 Å². The van der Waals surface area contributed by atoms with Gasteiger partial charge in [0, 0.05) is 53.0 Å². The molecule has 1 aliphatic heterocycles. The molecule has 166 valence electrons. The lowest BCUT2D eigenvalue weighted by atomic mass is 9.96. The average Bonchev–Trinajstić information content (AvgIpc) is 2.62. The lowest BCUT2D eigenvalue weighted by Gasteiger charge is -2.36. The van der Waals surface area contributed by atoms with E-state index in [-0.39, 0.29) is 30.1 Å². The Hall–Kier alpha value is -0.770.